The van der Waals surface area contributed by atoms with E-state index in [1.54, 1.807) is 0 Å². The first-order chi connectivity index (χ1) is 12.8. The van der Waals surface area contributed by atoms with Gasteiger partial charge in [0.15, 0.2) is 5.96 Å². The van der Waals surface area contributed by atoms with Gasteiger partial charge >= 0.3 is 0 Å². The molecular weight excluding hydrogens is 328 g/mol. The van der Waals surface area contributed by atoms with Gasteiger partial charge in [-0.1, -0.05) is 19.3 Å². The number of hydrogen-bond acceptors (Lipinski definition) is 4. The normalized spacial score (nSPS) is 27.0. The molecule has 1 aliphatic carbocycles. The lowest BCUT2D eigenvalue weighted by molar-refractivity contribution is 0.0191. The summed E-state index contributed by atoms with van der Waals surface area (Å²) in [6.07, 6.45) is 12.1. The second-order valence-electron chi connectivity index (χ2n) is 7.96. The number of ether oxygens (including phenoxy) is 2. The van der Waals surface area contributed by atoms with Crippen LogP contribution in [0.5, 0.6) is 0 Å². The molecule has 0 aromatic rings. The number of aliphatic imine (C=N–C) groups is 1. The highest BCUT2D eigenvalue weighted by molar-refractivity contribution is 5.79. The van der Waals surface area contributed by atoms with Gasteiger partial charge in [0.05, 0.1) is 19.3 Å². The standard InChI is InChI=1S/C20H38N4O2/c1-21-20(22-11-15-25-16-19-8-5-14-26-19)23-17-9-12-24(13-10-17)18-6-3-2-4-7-18/h17-19H,2-16H2,1H3,(H2,21,22,23). The minimum atomic E-state index is 0.307. The van der Waals surface area contributed by atoms with Gasteiger partial charge in [-0.05, 0) is 38.5 Å². The average molecular weight is 367 g/mol. The largest absolute Gasteiger partial charge is 0.377 e. The molecule has 2 heterocycles. The van der Waals surface area contributed by atoms with E-state index in [9.17, 15) is 0 Å². The molecule has 3 aliphatic rings. The van der Waals surface area contributed by atoms with E-state index in [2.05, 4.69) is 20.5 Å². The van der Waals surface area contributed by atoms with Crippen LogP contribution in [0.4, 0.5) is 0 Å². The van der Waals surface area contributed by atoms with Crippen molar-refractivity contribution in [3.63, 3.8) is 0 Å². The zero-order valence-electron chi connectivity index (χ0n) is 16.5. The maximum absolute atomic E-state index is 5.71. The van der Waals surface area contributed by atoms with Gasteiger partial charge in [0.1, 0.15) is 0 Å². The van der Waals surface area contributed by atoms with Crippen molar-refractivity contribution in [2.75, 3.05) is 46.5 Å². The Kier molecular flexibility index (Phi) is 8.49. The molecule has 0 aromatic carbocycles. The van der Waals surface area contributed by atoms with Gasteiger partial charge in [-0.3, -0.25) is 4.99 Å². The zero-order chi connectivity index (χ0) is 18.0. The average Bonchev–Trinajstić information content (AvgIpc) is 3.21. The van der Waals surface area contributed by atoms with Crippen LogP contribution in [0.3, 0.4) is 0 Å². The summed E-state index contributed by atoms with van der Waals surface area (Å²) in [6, 6.07) is 1.39. The molecule has 0 spiro atoms. The van der Waals surface area contributed by atoms with Crippen molar-refractivity contribution in [2.45, 2.75) is 76.0 Å². The Morgan fingerprint density at radius 1 is 1.08 bits per heavy atom. The van der Waals surface area contributed by atoms with Crippen LogP contribution in [0, 0.1) is 0 Å². The van der Waals surface area contributed by atoms with Crippen LogP contribution >= 0.6 is 0 Å². The number of hydrogen-bond donors (Lipinski definition) is 2. The number of nitrogens with one attached hydrogen (secondary N) is 2. The predicted molar refractivity (Wildman–Crippen MR) is 106 cm³/mol. The monoisotopic (exact) mass is 366 g/mol. The third-order valence-corrected chi connectivity index (χ3v) is 6.05. The Hall–Kier alpha value is -0.850. The first-order valence-electron chi connectivity index (χ1n) is 10.8. The van der Waals surface area contributed by atoms with E-state index in [-0.39, 0.29) is 0 Å². The summed E-state index contributed by atoms with van der Waals surface area (Å²) in [4.78, 5) is 7.10. The summed E-state index contributed by atoms with van der Waals surface area (Å²) >= 11 is 0. The van der Waals surface area contributed by atoms with E-state index in [4.69, 9.17) is 9.47 Å². The lowest BCUT2D eigenvalue weighted by Gasteiger charge is -2.39. The Bertz CT molecular complexity index is 412. The Balaban J connectivity index is 1.26. The number of nitrogens with zero attached hydrogens (tertiary/aromatic N) is 2. The Morgan fingerprint density at radius 3 is 2.58 bits per heavy atom. The fourth-order valence-electron chi connectivity index (χ4n) is 4.48. The van der Waals surface area contributed by atoms with Gasteiger partial charge in [-0.25, -0.2) is 0 Å². The fourth-order valence-corrected chi connectivity index (χ4v) is 4.48. The van der Waals surface area contributed by atoms with Crippen LogP contribution in [0.1, 0.15) is 57.8 Å². The number of piperidine rings is 1. The van der Waals surface area contributed by atoms with Gasteiger partial charge < -0.3 is 25.0 Å². The van der Waals surface area contributed by atoms with Crippen LogP contribution in [0.15, 0.2) is 4.99 Å². The van der Waals surface area contributed by atoms with Gasteiger partial charge in [0, 0.05) is 45.4 Å². The van der Waals surface area contributed by atoms with E-state index >= 15 is 0 Å². The fraction of sp³-hybridized carbons (Fsp3) is 0.950. The summed E-state index contributed by atoms with van der Waals surface area (Å²) < 4.78 is 11.3. The first kappa shape index (κ1) is 19.9. The van der Waals surface area contributed by atoms with Gasteiger partial charge in [-0.2, -0.15) is 0 Å². The predicted octanol–water partition coefficient (Wildman–Crippen LogP) is 2.14. The molecule has 1 atom stereocenters. The van der Waals surface area contributed by atoms with Crippen molar-refractivity contribution in [2.24, 2.45) is 4.99 Å². The van der Waals surface area contributed by atoms with Gasteiger partial charge in [-0.15, -0.1) is 0 Å². The van der Waals surface area contributed by atoms with E-state index in [1.807, 2.05) is 7.05 Å². The highest BCUT2D eigenvalue weighted by Gasteiger charge is 2.26. The summed E-state index contributed by atoms with van der Waals surface area (Å²) in [5, 5.41) is 6.97. The van der Waals surface area contributed by atoms with Crippen molar-refractivity contribution in [3.05, 3.63) is 0 Å². The molecule has 2 N–H and O–H groups in total. The molecule has 0 amide bonds. The second kappa shape index (κ2) is 11.1. The molecule has 2 saturated heterocycles. The highest BCUT2D eigenvalue weighted by Crippen LogP contribution is 2.25. The summed E-state index contributed by atoms with van der Waals surface area (Å²) in [7, 11) is 1.85. The molecular formula is C20H38N4O2. The molecule has 6 nitrogen and oxygen atoms in total. The SMILES string of the molecule is CN=C(NCCOCC1CCCO1)NC1CCN(C2CCCCC2)CC1. The lowest BCUT2D eigenvalue weighted by atomic mass is 9.92. The summed E-state index contributed by atoms with van der Waals surface area (Å²) in [5.41, 5.74) is 0. The zero-order valence-corrected chi connectivity index (χ0v) is 16.5. The molecule has 26 heavy (non-hydrogen) atoms. The van der Waals surface area contributed by atoms with Crippen LogP contribution in [-0.2, 0) is 9.47 Å². The molecule has 0 aromatic heterocycles. The van der Waals surface area contributed by atoms with E-state index < -0.39 is 0 Å². The van der Waals surface area contributed by atoms with E-state index in [1.165, 1.54) is 64.5 Å². The topological polar surface area (TPSA) is 58.1 Å². The Morgan fingerprint density at radius 2 is 1.88 bits per heavy atom. The van der Waals surface area contributed by atoms with Crippen LogP contribution < -0.4 is 10.6 Å². The molecule has 1 unspecified atom stereocenters. The molecule has 3 rings (SSSR count). The summed E-state index contributed by atoms with van der Waals surface area (Å²) in [5.74, 6) is 0.904. The van der Waals surface area contributed by atoms with Gasteiger partial charge in [0.25, 0.3) is 0 Å². The van der Waals surface area contributed by atoms with Crippen LogP contribution in [0.25, 0.3) is 0 Å². The van der Waals surface area contributed by atoms with Crippen molar-refractivity contribution >= 4 is 5.96 Å². The van der Waals surface area contributed by atoms with Gasteiger partial charge in [0.2, 0.25) is 0 Å². The highest BCUT2D eigenvalue weighted by atomic mass is 16.5. The van der Waals surface area contributed by atoms with E-state index in [0.29, 0.717) is 25.4 Å². The maximum atomic E-state index is 5.71. The molecule has 150 valence electrons. The van der Waals surface area contributed by atoms with Crippen LogP contribution in [0.2, 0.25) is 0 Å². The lowest BCUT2D eigenvalue weighted by Crippen LogP contribution is -2.51. The third-order valence-electron chi connectivity index (χ3n) is 6.05. The van der Waals surface area contributed by atoms with Crippen molar-refractivity contribution in [1.29, 1.82) is 0 Å². The smallest absolute Gasteiger partial charge is 0.191 e. The molecule has 0 bridgehead atoms. The number of likely N-dealkylation sites (tertiary alicyclic amines) is 1. The molecule has 6 heteroatoms. The third kappa shape index (κ3) is 6.39. The first-order valence-corrected chi connectivity index (χ1v) is 10.8. The summed E-state index contributed by atoms with van der Waals surface area (Å²) in [6.45, 7) is 5.54. The van der Waals surface area contributed by atoms with Crippen molar-refractivity contribution in [3.8, 4) is 0 Å². The molecule has 0 radical (unpaired) electrons. The molecule has 2 aliphatic heterocycles. The molecule has 3 fully saturated rings. The number of rotatable bonds is 7. The minimum Gasteiger partial charge on any atom is -0.377 e. The molecule has 1 saturated carbocycles. The number of guanidine groups is 1. The second-order valence-corrected chi connectivity index (χ2v) is 7.96. The minimum absolute atomic E-state index is 0.307. The quantitative estimate of drug-likeness (QED) is 0.411. The van der Waals surface area contributed by atoms with Crippen molar-refractivity contribution in [1.82, 2.24) is 15.5 Å². The Labute approximate surface area is 159 Å². The maximum Gasteiger partial charge on any atom is 0.191 e. The van der Waals surface area contributed by atoms with E-state index in [0.717, 1.165) is 31.6 Å². The van der Waals surface area contributed by atoms with Crippen molar-refractivity contribution < 1.29 is 9.47 Å². The van der Waals surface area contributed by atoms with Crippen LogP contribution in [-0.4, -0.2) is 75.5 Å².